The summed E-state index contributed by atoms with van der Waals surface area (Å²) in [5.41, 5.74) is 5.01. The fraction of sp³-hybridized carbons (Fsp3) is 0.462. The van der Waals surface area contributed by atoms with Crippen LogP contribution in [0.4, 0.5) is 5.82 Å². The zero-order valence-electron chi connectivity index (χ0n) is 11.5. The van der Waals surface area contributed by atoms with Crippen LogP contribution in [0.2, 0.25) is 0 Å². The van der Waals surface area contributed by atoms with E-state index in [-0.39, 0.29) is 11.2 Å². The molecule has 2 N–H and O–H groups in total. The van der Waals surface area contributed by atoms with Gasteiger partial charge in [0.25, 0.3) is 5.56 Å². The molecular formula is C13H19N5O2. The van der Waals surface area contributed by atoms with Gasteiger partial charge in [0.05, 0.1) is 0 Å². The summed E-state index contributed by atoms with van der Waals surface area (Å²) in [5, 5.41) is 4.06. The minimum atomic E-state index is -0.262. The molecule has 0 bridgehead atoms. The van der Waals surface area contributed by atoms with Crippen LogP contribution in [0.25, 0.3) is 0 Å². The Hall–Kier alpha value is -2.31. The number of aromatic nitrogens is 4. The molecule has 108 valence electrons. The first-order chi connectivity index (χ1) is 9.61. The molecule has 0 atom stereocenters. The van der Waals surface area contributed by atoms with Crippen LogP contribution in [0.3, 0.4) is 0 Å². The molecule has 20 heavy (non-hydrogen) atoms. The maximum Gasteiger partial charge on any atom is 0.330 e. The van der Waals surface area contributed by atoms with E-state index in [2.05, 4.69) is 5.10 Å². The summed E-state index contributed by atoms with van der Waals surface area (Å²) in [6, 6.07) is 3.14. The minimum absolute atomic E-state index is 0.251. The third-order valence-corrected chi connectivity index (χ3v) is 3.03. The Balaban J connectivity index is 2.07. The van der Waals surface area contributed by atoms with E-state index in [1.54, 1.807) is 27.7 Å². The number of nitrogen functional groups attached to an aromatic ring is 1. The minimum Gasteiger partial charge on any atom is -0.382 e. The summed E-state index contributed by atoms with van der Waals surface area (Å²) in [6.07, 6.45) is 4.83. The number of nitrogens with zero attached hydrogens (tertiary/aromatic N) is 4. The molecule has 0 aromatic carbocycles. The lowest BCUT2D eigenvalue weighted by molar-refractivity contribution is 0.486. The van der Waals surface area contributed by atoms with Crippen molar-refractivity contribution >= 4 is 5.82 Å². The zero-order chi connectivity index (χ0) is 14.5. The van der Waals surface area contributed by atoms with E-state index in [1.165, 1.54) is 10.6 Å². The maximum absolute atomic E-state index is 12.1. The van der Waals surface area contributed by atoms with Crippen LogP contribution in [0, 0.1) is 0 Å². The van der Waals surface area contributed by atoms with Gasteiger partial charge in [-0.1, -0.05) is 6.92 Å². The van der Waals surface area contributed by atoms with Crippen LogP contribution >= 0.6 is 0 Å². The Morgan fingerprint density at radius 2 is 1.95 bits per heavy atom. The third kappa shape index (κ3) is 3.17. The number of rotatable bonds is 6. The van der Waals surface area contributed by atoms with Gasteiger partial charge in [0.2, 0.25) is 0 Å². The molecule has 2 heterocycles. The first-order valence-electron chi connectivity index (χ1n) is 6.71. The molecule has 7 heteroatoms. The molecule has 0 fully saturated rings. The number of hydrogen-bond donors (Lipinski definition) is 1. The monoisotopic (exact) mass is 277 g/mol. The van der Waals surface area contributed by atoms with Crippen molar-refractivity contribution in [2.24, 2.45) is 0 Å². The van der Waals surface area contributed by atoms with Gasteiger partial charge in [0, 0.05) is 38.1 Å². The predicted molar refractivity (Wildman–Crippen MR) is 76.5 cm³/mol. The standard InChI is InChI=1S/C13H19N5O2/c1-2-6-16-9-5-12(19)18(13(16)20)8-3-7-17-10-4-11(14)15-17/h4-5,9-10H,2-3,6-8H2,1H3,(H2,14,15). The van der Waals surface area contributed by atoms with Crippen LogP contribution in [-0.2, 0) is 19.6 Å². The van der Waals surface area contributed by atoms with E-state index < -0.39 is 0 Å². The van der Waals surface area contributed by atoms with E-state index in [9.17, 15) is 9.59 Å². The fourth-order valence-electron chi connectivity index (χ4n) is 2.07. The van der Waals surface area contributed by atoms with Gasteiger partial charge >= 0.3 is 5.69 Å². The Morgan fingerprint density at radius 1 is 1.15 bits per heavy atom. The average Bonchev–Trinajstić information content (AvgIpc) is 2.83. The summed E-state index contributed by atoms with van der Waals surface area (Å²) in [5.74, 6) is 0.465. The zero-order valence-corrected chi connectivity index (χ0v) is 11.5. The Morgan fingerprint density at radius 3 is 2.60 bits per heavy atom. The Labute approximate surface area is 116 Å². The van der Waals surface area contributed by atoms with E-state index in [1.807, 2.05) is 6.92 Å². The average molecular weight is 277 g/mol. The number of anilines is 1. The van der Waals surface area contributed by atoms with Crippen molar-refractivity contribution < 1.29 is 0 Å². The smallest absolute Gasteiger partial charge is 0.330 e. The van der Waals surface area contributed by atoms with Crippen molar-refractivity contribution in [2.45, 2.75) is 39.4 Å². The van der Waals surface area contributed by atoms with Crippen molar-refractivity contribution in [1.29, 1.82) is 0 Å². The summed E-state index contributed by atoms with van der Waals surface area (Å²) in [7, 11) is 0. The van der Waals surface area contributed by atoms with Crippen LogP contribution in [0.1, 0.15) is 19.8 Å². The normalized spacial score (nSPS) is 10.8. The Kier molecular flexibility index (Phi) is 4.39. The first kappa shape index (κ1) is 14.1. The van der Waals surface area contributed by atoms with Crippen molar-refractivity contribution in [2.75, 3.05) is 5.73 Å². The van der Waals surface area contributed by atoms with Crippen LogP contribution in [0.15, 0.2) is 34.1 Å². The molecule has 0 unspecified atom stereocenters. The summed E-state index contributed by atoms with van der Waals surface area (Å²) >= 11 is 0. The van der Waals surface area contributed by atoms with E-state index in [0.29, 0.717) is 31.9 Å². The largest absolute Gasteiger partial charge is 0.382 e. The van der Waals surface area contributed by atoms with Crippen LogP contribution < -0.4 is 17.0 Å². The second-order valence-corrected chi connectivity index (χ2v) is 4.64. The van der Waals surface area contributed by atoms with Crippen molar-refractivity contribution in [3.05, 3.63) is 45.4 Å². The van der Waals surface area contributed by atoms with Gasteiger partial charge in [-0.25, -0.2) is 4.79 Å². The van der Waals surface area contributed by atoms with E-state index in [4.69, 9.17) is 5.73 Å². The Bertz CT molecular complexity index is 683. The molecule has 0 saturated carbocycles. The van der Waals surface area contributed by atoms with Crippen molar-refractivity contribution in [3.63, 3.8) is 0 Å². The van der Waals surface area contributed by atoms with Gasteiger partial charge in [-0.05, 0) is 18.9 Å². The lowest BCUT2D eigenvalue weighted by atomic mass is 10.4. The molecule has 0 aliphatic rings. The first-order valence-corrected chi connectivity index (χ1v) is 6.71. The summed E-state index contributed by atoms with van der Waals surface area (Å²) in [4.78, 5) is 23.9. The molecule has 2 aromatic heterocycles. The topological polar surface area (TPSA) is 87.8 Å². The van der Waals surface area contributed by atoms with Gasteiger partial charge in [-0.3, -0.25) is 14.0 Å². The summed E-state index contributed by atoms with van der Waals surface area (Å²) in [6.45, 7) is 3.60. The predicted octanol–water partition coefficient (Wildman–Crippen LogP) is 0.289. The summed E-state index contributed by atoms with van der Waals surface area (Å²) < 4.78 is 4.53. The molecule has 2 rings (SSSR count). The second kappa shape index (κ2) is 6.23. The second-order valence-electron chi connectivity index (χ2n) is 4.64. The lowest BCUT2D eigenvalue weighted by Gasteiger charge is -2.09. The highest BCUT2D eigenvalue weighted by molar-refractivity contribution is 5.23. The van der Waals surface area contributed by atoms with E-state index >= 15 is 0 Å². The molecule has 0 radical (unpaired) electrons. The SMILES string of the molecule is CCCn1ccc(=O)n(CCCn2ccc(N)n2)c1=O. The van der Waals surface area contributed by atoms with Crippen molar-refractivity contribution in [3.8, 4) is 0 Å². The van der Waals surface area contributed by atoms with Gasteiger partial charge in [0.15, 0.2) is 0 Å². The number of aryl methyl sites for hydroxylation is 2. The van der Waals surface area contributed by atoms with Crippen LogP contribution in [0.5, 0.6) is 0 Å². The molecule has 0 saturated heterocycles. The van der Waals surface area contributed by atoms with Gasteiger partial charge in [-0.2, -0.15) is 5.10 Å². The molecule has 2 aromatic rings. The van der Waals surface area contributed by atoms with Gasteiger partial charge in [-0.15, -0.1) is 0 Å². The van der Waals surface area contributed by atoms with Crippen LogP contribution in [-0.4, -0.2) is 18.9 Å². The van der Waals surface area contributed by atoms with Gasteiger partial charge in [0.1, 0.15) is 5.82 Å². The molecular weight excluding hydrogens is 258 g/mol. The highest BCUT2D eigenvalue weighted by Gasteiger charge is 2.04. The molecule has 0 aliphatic heterocycles. The third-order valence-electron chi connectivity index (χ3n) is 3.03. The van der Waals surface area contributed by atoms with E-state index in [0.717, 1.165) is 6.42 Å². The number of hydrogen-bond acceptors (Lipinski definition) is 4. The molecule has 0 aliphatic carbocycles. The molecule has 0 amide bonds. The van der Waals surface area contributed by atoms with Gasteiger partial charge < -0.3 is 10.3 Å². The maximum atomic E-state index is 12.1. The molecule has 0 spiro atoms. The quantitative estimate of drug-likeness (QED) is 0.822. The van der Waals surface area contributed by atoms with Crippen molar-refractivity contribution in [1.82, 2.24) is 18.9 Å². The molecule has 7 nitrogen and oxygen atoms in total. The highest BCUT2D eigenvalue weighted by Crippen LogP contribution is 1.97. The number of nitrogens with two attached hydrogens (primary N) is 1. The fourth-order valence-corrected chi connectivity index (χ4v) is 2.07. The lowest BCUT2D eigenvalue weighted by Crippen LogP contribution is -2.39. The highest BCUT2D eigenvalue weighted by atomic mass is 16.2.